The second-order valence-corrected chi connectivity index (χ2v) is 4.80. The zero-order valence-electron chi connectivity index (χ0n) is 9.94. The van der Waals surface area contributed by atoms with E-state index in [4.69, 9.17) is 0 Å². The number of nitrogens with one attached hydrogen (secondary N) is 1. The van der Waals surface area contributed by atoms with Gasteiger partial charge in [-0.1, -0.05) is 19.3 Å². The second-order valence-electron chi connectivity index (χ2n) is 4.80. The number of rotatable bonds is 1. The fraction of sp³-hybridized carbons (Fsp3) is 0.583. The molecule has 2 aromatic rings. The molecule has 0 radical (unpaired) electrons. The summed E-state index contributed by atoms with van der Waals surface area (Å²) in [6.07, 6.45) is 6.08. The molecule has 1 aliphatic rings. The van der Waals surface area contributed by atoms with Crippen LogP contribution in [0.4, 0.5) is 0 Å². The van der Waals surface area contributed by atoms with E-state index in [1.807, 2.05) is 6.92 Å². The molecule has 2 heterocycles. The van der Waals surface area contributed by atoms with Crippen molar-refractivity contribution < 1.29 is 0 Å². The van der Waals surface area contributed by atoms with E-state index >= 15 is 0 Å². The maximum atomic E-state index is 11.9. The van der Waals surface area contributed by atoms with Crippen LogP contribution in [0.25, 0.3) is 5.78 Å². The summed E-state index contributed by atoms with van der Waals surface area (Å²) in [4.78, 5) is 20.6. The zero-order chi connectivity index (χ0) is 11.8. The van der Waals surface area contributed by atoms with Crippen molar-refractivity contribution in [2.45, 2.75) is 44.9 Å². The third-order valence-electron chi connectivity index (χ3n) is 3.49. The Labute approximate surface area is 98.9 Å². The third kappa shape index (κ3) is 1.85. The van der Waals surface area contributed by atoms with Crippen LogP contribution in [0.2, 0.25) is 0 Å². The van der Waals surface area contributed by atoms with E-state index in [1.165, 1.54) is 23.8 Å². The van der Waals surface area contributed by atoms with Gasteiger partial charge >= 0.3 is 0 Å². The summed E-state index contributed by atoms with van der Waals surface area (Å²) in [5, 5.41) is 2.89. The van der Waals surface area contributed by atoms with Crippen LogP contribution in [-0.2, 0) is 0 Å². The normalized spacial score (nSPS) is 17.7. The molecular weight excluding hydrogens is 216 g/mol. The van der Waals surface area contributed by atoms with Crippen LogP contribution in [0, 0.1) is 6.92 Å². The van der Waals surface area contributed by atoms with Gasteiger partial charge in [-0.25, -0.2) is 4.98 Å². The van der Waals surface area contributed by atoms with E-state index in [9.17, 15) is 4.79 Å². The predicted molar refractivity (Wildman–Crippen MR) is 64.2 cm³/mol. The van der Waals surface area contributed by atoms with Crippen molar-refractivity contribution in [1.82, 2.24) is 19.6 Å². The van der Waals surface area contributed by atoms with Crippen molar-refractivity contribution in [1.29, 1.82) is 0 Å². The van der Waals surface area contributed by atoms with Crippen molar-refractivity contribution in [2.24, 2.45) is 0 Å². The average Bonchev–Trinajstić information content (AvgIpc) is 2.71. The number of hydrogen-bond acceptors (Lipinski definition) is 3. The van der Waals surface area contributed by atoms with Gasteiger partial charge in [-0.05, 0) is 19.8 Å². The minimum Gasteiger partial charge on any atom is -0.275 e. The summed E-state index contributed by atoms with van der Waals surface area (Å²) in [6, 6.07) is 1.65. The summed E-state index contributed by atoms with van der Waals surface area (Å²) in [7, 11) is 0. The number of H-pyrrole nitrogens is 1. The molecule has 90 valence electrons. The first kappa shape index (κ1) is 10.5. The molecule has 0 aliphatic heterocycles. The number of aromatic nitrogens is 4. The molecule has 0 atom stereocenters. The first-order valence-electron chi connectivity index (χ1n) is 6.20. The number of nitrogens with zero attached hydrogens (tertiary/aromatic N) is 3. The fourth-order valence-corrected chi connectivity index (χ4v) is 2.61. The van der Waals surface area contributed by atoms with E-state index in [-0.39, 0.29) is 5.56 Å². The van der Waals surface area contributed by atoms with Crippen LogP contribution >= 0.6 is 0 Å². The molecule has 2 aromatic heterocycles. The summed E-state index contributed by atoms with van der Waals surface area (Å²) in [5.74, 6) is 1.66. The van der Waals surface area contributed by atoms with Gasteiger partial charge in [-0.2, -0.15) is 9.50 Å². The van der Waals surface area contributed by atoms with Crippen molar-refractivity contribution >= 4 is 5.78 Å². The monoisotopic (exact) mass is 232 g/mol. The molecule has 0 bridgehead atoms. The predicted octanol–water partition coefficient (Wildman–Crippen LogP) is 1.77. The van der Waals surface area contributed by atoms with Gasteiger partial charge in [-0.15, -0.1) is 0 Å². The van der Waals surface area contributed by atoms with Crippen molar-refractivity contribution in [3.05, 3.63) is 27.9 Å². The van der Waals surface area contributed by atoms with E-state index in [0.717, 1.165) is 24.4 Å². The average molecular weight is 232 g/mol. The Bertz CT molecular complexity index is 592. The lowest BCUT2D eigenvalue weighted by Gasteiger charge is -2.20. The third-order valence-corrected chi connectivity index (χ3v) is 3.49. The van der Waals surface area contributed by atoms with Gasteiger partial charge in [0.25, 0.3) is 11.3 Å². The summed E-state index contributed by atoms with van der Waals surface area (Å²) in [6.45, 7) is 1.83. The molecule has 1 saturated carbocycles. The van der Waals surface area contributed by atoms with Gasteiger partial charge in [0.1, 0.15) is 5.82 Å². The molecule has 0 amide bonds. The van der Waals surface area contributed by atoms with Crippen LogP contribution in [0.5, 0.6) is 0 Å². The van der Waals surface area contributed by atoms with Crippen LogP contribution in [0.3, 0.4) is 0 Å². The van der Waals surface area contributed by atoms with Gasteiger partial charge in [0.05, 0.1) is 5.69 Å². The van der Waals surface area contributed by atoms with Gasteiger partial charge in [0, 0.05) is 12.0 Å². The summed E-state index contributed by atoms with van der Waals surface area (Å²) < 4.78 is 1.40. The van der Waals surface area contributed by atoms with Crippen LogP contribution in [0.1, 0.15) is 49.5 Å². The number of aryl methyl sites for hydroxylation is 1. The lowest BCUT2D eigenvalue weighted by Crippen LogP contribution is -2.18. The number of fused-ring (bicyclic) bond motifs is 1. The molecule has 1 fully saturated rings. The first-order valence-corrected chi connectivity index (χ1v) is 6.20. The number of aromatic amines is 1. The van der Waals surface area contributed by atoms with E-state index < -0.39 is 0 Å². The minimum atomic E-state index is -0.0591. The van der Waals surface area contributed by atoms with Crippen LogP contribution in [-0.4, -0.2) is 19.6 Å². The van der Waals surface area contributed by atoms with Gasteiger partial charge in [0.15, 0.2) is 0 Å². The molecule has 3 rings (SSSR count). The van der Waals surface area contributed by atoms with Crippen molar-refractivity contribution in [3.8, 4) is 0 Å². The molecule has 0 aromatic carbocycles. The van der Waals surface area contributed by atoms with Crippen LogP contribution in [0.15, 0.2) is 10.9 Å². The lowest BCUT2D eigenvalue weighted by molar-refractivity contribution is 0.436. The SMILES string of the molecule is Cc1nc2nc(C3CCCCC3)cc(=O)n2[nH]1. The zero-order valence-corrected chi connectivity index (χ0v) is 9.94. The Balaban J connectivity index is 2.08. The highest BCUT2D eigenvalue weighted by molar-refractivity contribution is 5.29. The van der Waals surface area contributed by atoms with Gasteiger partial charge in [0.2, 0.25) is 0 Å². The van der Waals surface area contributed by atoms with E-state index in [0.29, 0.717) is 11.7 Å². The lowest BCUT2D eigenvalue weighted by atomic mass is 9.87. The smallest absolute Gasteiger partial charge is 0.274 e. The molecule has 0 unspecified atom stereocenters. The quantitative estimate of drug-likeness (QED) is 0.815. The first-order chi connectivity index (χ1) is 8.24. The van der Waals surface area contributed by atoms with Crippen molar-refractivity contribution in [2.75, 3.05) is 0 Å². The van der Waals surface area contributed by atoms with E-state index in [2.05, 4.69) is 15.1 Å². The standard InChI is InChI=1S/C12H16N4O/c1-8-13-12-14-10(7-11(17)16(12)15-8)9-5-3-2-4-6-9/h7,9H,2-6H2,1H3,(H,13,14,15). The molecule has 0 saturated heterocycles. The topological polar surface area (TPSA) is 63.1 Å². The second kappa shape index (κ2) is 3.98. The Hall–Kier alpha value is -1.65. The highest BCUT2D eigenvalue weighted by atomic mass is 16.1. The minimum absolute atomic E-state index is 0.0591. The maximum Gasteiger partial charge on any atom is 0.274 e. The van der Waals surface area contributed by atoms with Gasteiger partial charge < -0.3 is 0 Å². The maximum absolute atomic E-state index is 11.9. The van der Waals surface area contributed by atoms with E-state index in [1.54, 1.807) is 6.07 Å². The molecule has 1 aliphatic carbocycles. The summed E-state index contributed by atoms with van der Waals surface area (Å²) in [5.41, 5.74) is 0.859. The Kier molecular flexibility index (Phi) is 2.46. The van der Waals surface area contributed by atoms with Gasteiger partial charge in [-0.3, -0.25) is 9.89 Å². The van der Waals surface area contributed by atoms with Crippen molar-refractivity contribution in [3.63, 3.8) is 0 Å². The Morgan fingerprint density at radius 1 is 1.29 bits per heavy atom. The molecule has 5 nitrogen and oxygen atoms in total. The fourth-order valence-electron chi connectivity index (χ4n) is 2.61. The summed E-state index contributed by atoms with van der Waals surface area (Å²) >= 11 is 0. The molecule has 1 N–H and O–H groups in total. The molecular formula is C12H16N4O. The molecule has 17 heavy (non-hydrogen) atoms. The van der Waals surface area contributed by atoms with Crippen LogP contribution < -0.4 is 5.56 Å². The highest BCUT2D eigenvalue weighted by Crippen LogP contribution is 2.30. The Morgan fingerprint density at radius 3 is 2.82 bits per heavy atom. The molecule has 0 spiro atoms. The Morgan fingerprint density at radius 2 is 2.06 bits per heavy atom. The number of hydrogen-bond donors (Lipinski definition) is 1. The molecule has 5 heteroatoms. The largest absolute Gasteiger partial charge is 0.275 e. The highest BCUT2D eigenvalue weighted by Gasteiger charge is 2.18.